The van der Waals surface area contributed by atoms with Gasteiger partial charge in [-0.15, -0.1) is 0 Å². The largest absolute Gasteiger partial charge is 0.455 e. The minimum absolute atomic E-state index is 0.843. The molecule has 0 atom stereocenters. The summed E-state index contributed by atoms with van der Waals surface area (Å²) < 4.78 is 16.0. The van der Waals surface area contributed by atoms with Gasteiger partial charge in [0.1, 0.15) is 22.3 Å². The zero-order chi connectivity index (χ0) is 40.7. The number of nitrogens with zero attached hydrogens (tertiary/aromatic N) is 2. The summed E-state index contributed by atoms with van der Waals surface area (Å²) in [6.45, 7) is 0. The molecule has 10 aromatic carbocycles. The van der Waals surface area contributed by atoms with Crippen LogP contribution in [0.4, 0.5) is 17.1 Å². The highest BCUT2D eigenvalue weighted by atomic mass is 16.3. The smallest absolute Gasteiger partial charge is 0.145 e. The molecule has 0 amide bonds. The number of benzene rings is 10. The van der Waals surface area contributed by atoms with Crippen LogP contribution < -0.4 is 4.90 Å². The highest BCUT2D eigenvalue weighted by molar-refractivity contribution is 6.18. The minimum Gasteiger partial charge on any atom is -0.455 e. The van der Waals surface area contributed by atoms with Gasteiger partial charge in [-0.1, -0.05) is 152 Å². The normalized spacial score (nSPS) is 11.9. The second-order valence-electron chi connectivity index (χ2n) is 16.0. The molecule has 3 heterocycles. The maximum Gasteiger partial charge on any atom is 0.145 e. The van der Waals surface area contributed by atoms with Crippen LogP contribution in [-0.4, -0.2) is 4.57 Å². The Labute approximate surface area is 356 Å². The minimum atomic E-state index is 0.843. The van der Waals surface area contributed by atoms with E-state index < -0.39 is 0 Å². The summed E-state index contributed by atoms with van der Waals surface area (Å²) in [5.74, 6) is 0. The molecule has 0 radical (unpaired) electrons. The van der Waals surface area contributed by atoms with Crippen LogP contribution in [0.5, 0.6) is 0 Å². The fourth-order valence-electron chi connectivity index (χ4n) is 9.79. The van der Waals surface area contributed by atoms with Gasteiger partial charge in [-0.25, -0.2) is 0 Å². The molecular weight excluding hydrogens is 757 g/mol. The Morgan fingerprint density at radius 2 is 0.952 bits per heavy atom. The van der Waals surface area contributed by atoms with Crippen molar-refractivity contribution in [2.75, 3.05) is 4.90 Å². The van der Waals surface area contributed by atoms with Crippen LogP contribution >= 0.6 is 0 Å². The van der Waals surface area contributed by atoms with Crippen molar-refractivity contribution in [3.05, 3.63) is 218 Å². The Morgan fingerprint density at radius 3 is 1.74 bits per heavy atom. The van der Waals surface area contributed by atoms with Crippen molar-refractivity contribution in [2.45, 2.75) is 0 Å². The molecule has 0 aliphatic heterocycles. The van der Waals surface area contributed by atoms with E-state index in [0.717, 1.165) is 88.9 Å². The lowest BCUT2D eigenvalue weighted by Crippen LogP contribution is -2.12. The van der Waals surface area contributed by atoms with Crippen molar-refractivity contribution in [2.24, 2.45) is 0 Å². The molecule has 62 heavy (non-hydrogen) atoms. The highest BCUT2D eigenvalue weighted by Crippen LogP contribution is 2.49. The molecule has 13 aromatic rings. The summed E-state index contributed by atoms with van der Waals surface area (Å²) in [4.78, 5) is 2.41. The second kappa shape index (κ2) is 13.6. The average molecular weight is 793 g/mol. The van der Waals surface area contributed by atoms with Gasteiger partial charge < -0.3 is 18.3 Å². The summed E-state index contributed by atoms with van der Waals surface area (Å²) in [7, 11) is 0. The monoisotopic (exact) mass is 792 g/mol. The topological polar surface area (TPSA) is 34.5 Å². The number of rotatable bonds is 6. The third-order valence-corrected chi connectivity index (χ3v) is 12.6. The molecule has 0 N–H and O–H groups in total. The molecule has 0 unspecified atom stereocenters. The molecule has 0 aliphatic rings. The van der Waals surface area contributed by atoms with Gasteiger partial charge in [-0.05, 0) is 83.1 Å². The second-order valence-corrected chi connectivity index (χ2v) is 16.0. The van der Waals surface area contributed by atoms with Gasteiger partial charge in [-0.3, -0.25) is 0 Å². The van der Waals surface area contributed by atoms with Gasteiger partial charge in [0.2, 0.25) is 0 Å². The van der Waals surface area contributed by atoms with Crippen LogP contribution in [0.2, 0.25) is 0 Å². The standard InChI is InChI=1S/C58H36N2O2/c1-2-15-39-36-41(33-28-37(39)14-1)60(52-25-10-5-18-45(52)47-21-13-22-48-46-19-6-11-26-54(46)61-57(47)48)53-35-34-42(58-56(53)49-20-7-12-27-55(49)62-58)38-29-31-40(32-30-38)59-50-23-8-3-16-43(50)44-17-4-9-24-51(44)59/h1-36H. The predicted molar refractivity (Wildman–Crippen MR) is 258 cm³/mol. The van der Waals surface area contributed by atoms with Gasteiger partial charge in [0, 0.05) is 55.0 Å². The zero-order valence-corrected chi connectivity index (χ0v) is 33.5. The van der Waals surface area contributed by atoms with Gasteiger partial charge in [-0.2, -0.15) is 0 Å². The lowest BCUT2D eigenvalue weighted by molar-refractivity contribution is 0.669. The van der Waals surface area contributed by atoms with Crippen molar-refractivity contribution in [1.29, 1.82) is 0 Å². The fraction of sp³-hybridized carbons (Fsp3) is 0. The summed E-state index contributed by atoms with van der Waals surface area (Å²) in [5.41, 5.74) is 14.3. The van der Waals surface area contributed by atoms with Crippen LogP contribution in [0.3, 0.4) is 0 Å². The van der Waals surface area contributed by atoms with Crippen LogP contribution in [0.25, 0.3) is 104 Å². The van der Waals surface area contributed by atoms with E-state index in [0.29, 0.717) is 0 Å². The zero-order valence-electron chi connectivity index (χ0n) is 33.5. The van der Waals surface area contributed by atoms with E-state index in [4.69, 9.17) is 8.83 Å². The summed E-state index contributed by atoms with van der Waals surface area (Å²) >= 11 is 0. The number of hydrogen-bond acceptors (Lipinski definition) is 3. The Morgan fingerprint density at radius 1 is 0.355 bits per heavy atom. The molecule has 0 saturated heterocycles. The van der Waals surface area contributed by atoms with Gasteiger partial charge in [0.25, 0.3) is 0 Å². The van der Waals surface area contributed by atoms with E-state index in [1.54, 1.807) is 0 Å². The molecule has 0 fully saturated rings. The first-order chi connectivity index (χ1) is 30.8. The first-order valence-corrected chi connectivity index (χ1v) is 21.1. The molecular formula is C58H36N2O2. The number of aromatic nitrogens is 1. The number of fused-ring (bicyclic) bond motifs is 10. The van der Waals surface area contributed by atoms with Crippen molar-refractivity contribution in [3.63, 3.8) is 0 Å². The highest BCUT2D eigenvalue weighted by Gasteiger charge is 2.25. The van der Waals surface area contributed by atoms with Crippen LogP contribution in [0.15, 0.2) is 227 Å². The van der Waals surface area contributed by atoms with E-state index in [1.807, 2.05) is 12.1 Å². The fourth-order valence-corrected chi connectivity index (χ4v) is 9.79. The van der Waals surface area contributed by atoms with Crippen LogP contribution in [0.1, 0.15) is 0 Å². The van der Waals surface area contributed by atoms with Crippen molar-refractivity contribution < 1.29 is 8.83 Å². The van der Waals surface area contributed by atoms with Crippen molar-refractivity contribution >= 4 is 93.5 Å². The van der Waals surface area contributed by atoms with E-state index >= 15 is 0 Å². The molecule has 13 rings (SSSR count). The third kappa shape index (κ3) is 5.20. The SMILES string of the molecule is c1ccc(N(c2ccc3ccccc3c2)c2ccc(-c3ccc(-n4c5ccccc5c5ccccc54)cc3)c3oc4ccccc4c23)c(-c2cccc3c2oc2ccccc23)c1. The van der Waals surface area contributed by atoms with E-state index in [2.05, 4.69) is 216 Å². The Kier molecular flexibility index (Phi) is 7.57. The Bertz CT molecular complexity index is 3830. The quantitative estimate of drug-likeness (QED) is 0.168. The van der Waals surface area contributed by atoms with E-state index in [1.165, 1.54) is 32.6 Å². The summed E-state index contributed by atoms with van der Waals surface area (Å²) in [6.07, 6.45) is 0. The molecule has 4 heteroatoms. The van der Waals surface area contributed by atoms with E-state index in [-0.39, 0.29) is 0 Å². The van der Waals surface area contributed by atoms with Crippen LogP contribution in [-0.2, 0) is 0 Å². The summed E-state index contributed by atoms with van der Waals surface area (Å²) in [6, 6.07) is 77.9. The van der Waals surface area contributed by atoms with Crippen molar-refractivity contribution in [3.8, 4) is 27.9 Å². The number of para-hydroxylation sites is 6. The maximum atomic E-state index is 6.95. The van der Waals surface area contributed by atoms with Crippen LogP contribution in [0, 0.1) is 0 Å². The molecule has 0 saturated carbocycles. The number of furan rings is 2. The summed E-state index contributed by atoms with van der Waals surface area (Å²) in [5, 5.41) is 9.17. The van der Waals surface area contributed by atoms with E-state index in [9.17, 15) is 0 Å². The lowest BCUT2D eigenvalue weighted by atomic mass is 9.97. The lowest BCUT2D eigenvalue weighted by Gasteiger charge is -2.29. The number of hydrogen-bond donors (Lipinski definition) is 0. The molecule has 0 spiro atoms. The predicted octanol–water partition coefficient (Wildman–Crippen LogP) is 16.5. The number of anilines is 3. The average Bonchev–Trinajstić information content (AvgIpc) is 4.02. The van der Waals surface area contributed by atoms with Gasteiger partial charge in [0.05, 0.1) is 27.8 Å². The molecule has 4 nitrogen and oxygen atoms in total. The van der Waals surface area contributed by atoms with Gasteiger partial charge >= 0.3 is 0 Å². The molecule has 290 valence electrons. The maximum absolute atomic E-state index is 6.95. The third-order valence-electron chi connectivity index (χ3n) is 12.6. The first-order valence-electron chi connectivity index (χ1n) is 21.1. The Hall–Kier alpha value is -8.34. The first kappa shape index (κ1) is 34.5. The van der Waals surface area contributed by atoms with Crippen molar-refractivity contribution in [1.82, 2.24) is 4.57 Å². The molecule has 0 bridgehead atoms. The Balaban J connectivity index is 1.04. The van der Waals surface area contributed by atoms with Gasteiger partial charge in [0.15, 0.2) is 0 Å². The molecule has 0 aliphatic carbocycles. The molecule has 3 aromatic heterocycles.